The van der Waals surface area contributed by atoms with E-state index in [1.165, 1.54) is 13.2 Å². The maximum absolute atomic E-state index is 12.0. The third-order valence-electron chi connectivity index (χ3n) is 3.86. The van der Waals surface area contributed by atoms with E-state index in [1.807, 2.05) is 10.6 Å². The molecule has 3 rings (SSSR count). The maximum Gasteiger partial charge on any atom is 0.328 e. The topological polar surface area (TPSA) is 93.7 Å². The third-order valence-corrected chi connectivity index (χ3v) is 4.45. The smallest absolute Gasteiger partial charge is 0.328 e. The number of urea groups is 1. The molecular formula is C19H14Cl2N2O5. The lowest BCUT2D eigenvalue weighted by atomic mass is 10.1. The summed E-state index contributed by atoms with van der Waals surface area (Å²) in [4.78, 5) is 35.2. The standard InChI is InChI=1S/C19H14Cl2N2O5/c1-27-15-4-2-3-10(7-13-17(24)22-19(26)23-18(13)25)16(15)28-9-11-5-6-12(20)8-14(11)21/h2-8H,9H2,1H3,(H2,22,23,24,25,26). The highest BCUT2D eigenvalue weighted by Crippen LogP contribution is 2.34. The van der Waals surface area contributed by atoms with Crippen LogP contribution in [-0.2, 0) is 16.2 Å². The second-order valence-corrected chi connectivity index (χ2v) is 6.54. The summed E-state index contributed by atoms with van der Waals surface area (Å²) in [5.74, 6) is -0.903. The number of barbiturate groups is 1. The molecular weight excluding hydrogens is 407 g/mol. The van der Waals surface area contributed by atoms with Crippen LogP contribution in [0.5, 0.6) is 11.5 Å². The van der Waals surface area contributed by atoms with E-state index in [2.05, 4.69) is 0 Å². The molecule has 9 heteroatoms. The first kappa shape index (κ1) is 19.7. The third kappa shape index (κ3) is 4.27. The summed E-state index contributed by atoms with van der Waals surface area (Å²) in [7, 11) is 1.47. The van der Waals surface area contributed by atoms with Crippen molar-refractivity contribution < 1.29 is 23.9 Å². The van der Waals surface area contributed by atoms with Gasteiger partial charge in [0.1, 0.15) is 12.2 Å². The highest BCUT2D eigenvalue weighted by molar-refractivity contribution is 6.35. The number of hydrogen-bond acceptors (Lipinski definition) is 5. The Morgan fingerprint density at radius 1 is 1.04 bits per heavy atom. The molecule has 1 heterocycles. The molecule has 0 spiro atoms. The molecule has 2 aromatic rings. The van der Waals surface area contributed by atoms with Gasteiger partial charge in [0.05, 0.1) is 7.11 Å². The van der Waals surface area contributed by atoms with Gasteiger partial charge in [0, 0.05) is 21.2 Å². The van der Waals surface area contributed by atoms with Crippen molar-refractivity contribution in [3.8, 4) is 11.5 Å². The van der Waals surface area contributed by atoms with Crippen LogP contribution in [0.2, 0.25) is 10.0 Å². The molecule has 0 aromatic heterocycles. The molecule has 28 heavy (non-hydrogen) atoms. The minimum absolute atomic E-state index is 0.101. The fraction of sp³-hybridized carbons (Fsp3) is 0.105. The van der Waals surface area contributed by atoms with Crippen molar-refractivity contribution in [2.24, 2.45) is 0 Å². The molecule has 0 radical (unpaired) electrons. The van der Waals surface area contributed by atoms with E-state index in [0.717, 1.165) is 0 Å². The zero-order valence-corrected chi connectivity index (χ0v) is 16.1. The molecule has 2 N–H and O–H groups in total. The lowest BCUT2D eigenvalue weighted by Crippen LogP contribution is -2.51. The van der Waals surface area contributed by atoms with Gasteiger partial charge in [-0.1, -0.05) is 41.4 Å². The predicted molar refractivity (Wildman–Crippen MR) is 103 cm³/mol. The summed E-state index contributed by atoms with van der Waals surface area (Å²) < 4.78 is 11.2. The van der Waals surface area contributed by atoms with E-state index in [0.29, 0.717) is 32.7 Å². The molecule has 7 nitrogen and oxygen atoms in total. The number of hydrogen-bond donors (Lipinski definition) is 2. The fourth-order valence-corrected chi connectivity index (χ4v) is 2.98. The molecule has 1 aliphatic heterocycles. The zero-order valence-electron chi connectivity index (χ0n) is 14.5. The number of imide groups is 2. The van der Waals surface area contributed by atoms with Crippen molar-refractivity contribution in [2.75, 3.05) is 7.11 Å². The molecule has 0 atom stereocenters. The van der Waals surface area contributed by atoms with Gasteiger partial charge in [0.25, 0.3) is 11.8 Å². The molecule has 0 saturated carbocycles. The van der Waals surface area contributed by atoms with E-state index < -0.39 is 17.8 Å². The van der Waals surface area contributed by atoms with Crippen molar-refractivity contribution >= 4 is 47.1 Å². The lowest BCUT2D eigenvalue weighted by molar-refractivity contribution is -0.123. The minimum atomic E-state index is -0.869. The Balaban J connectivity index is 1.95. The highest BCUT2D eigenvalue weighted by atomic mass is 35.5. The quantitative estimate of drug-likeness (QED) is 0.571. The summed E-state index contributed by atoms with van der Waals surface area (Å²) >= 11 is 12.1. The Morgan fingerprint density at radius 2 is 1.75 bits per heavy atom. The Morgan fingerprint density at radius 3 is 2.39 bits per heavy atom. The fourth-order valence-electron chi connectivity index (χ4n) is 2.51. The molecule has 1 saturated heterocycles. The maximum atomic E-state index is 12.0. The number of para-hydroxylation sites is 1. The molecule has 4 amide bonds. The van der Waals surface area contributed by atoms with Crippen LogP contribution in [0.15, 0.2) is 42.0 Å². The van der Waals surface area contributed by atoms with Crippen LogP contribution in [-0.4, -0.2) is 25.0 Å². The molecule has 0 bridgehead atoms. The van der Waals surface area contributed by atoms with Gasteiger partial charge in [-0.2, -0.15) is 0 Å². The van der Waals surface area contributed by atoms with Crippen LogP contribution in [0.3, 0.4) is 0 Å². The van der Waals surface area contributed by atoms with Gasteiger partial charge in [-0.15, -0.1) is 0 Å². The van der Waals surface area contributed by atoms with Gasteiger partial charge in [0.2, 0.25) is 0 Å². The number of carbonyl (C=O) groups excluding carboxylic acids is 3. The van der Waals surface area contributed by atoms with Crippen LogP contribution in [0, 0.1) is 0 Å². The van der Waals surface area contributed by atoms with Crippen molar-refractivity contribution in [3.05, 3.63) is 63.1 Å². The molecule has 0 unspecified atom stereocenters. The largest absolute Gasteiger partial charge is 0.493 e. The van der Waals surface area contributed by atoms with Gasteiger partial charge in [-0.05, 0) is 24.3 Å². The van der Waals surface area contributed by atoms with Gasteiger partial charge in [-0.25, -0.2) is 4.79 Å². The van der Waals surface area contributed by atoms with Gasteiger partial charge in [0.15, 0.2) is 11.5 Å². The van der Waals surface area contributed by atoms with E-state index in [9.17, 15) is 14.4 Å². The monoisotopic (exact) mass is 420 g/mol. The van der Waals surface area contributed by atoms with Gasteiger partial charge in [-0.3, -0.25) is 20.2 Å². The highest BCUT2D eigenvalue weighted by Gasteiger charge is 2.28. The number of amides is 4. The molecule has 144 valence electrons. The Hall–Kier alpha value is -3.03. The summed E-state index contributed by atoms with van der Waals surface area (Å²) in [5, 5.41) is 4.97. The Bertz CT molecular complexity index is 982. The van der Waals surface area contributed by atoms with Gasteiger partial charge < -0.3 is 9.47 Å². The number of ether oxygens (including phenoxy) is 2. The number of benzene rings is 2. The average molecular weight is 421 g/mol. The van der Waals surface area contributed by atoms with Crippen molar-refractivity contribution in [1.82, 2.24) is 10.6 Å². The van der Waals surface area contributed by atoms with E-state index in [1.54, 1.807) is 36.4 Å². The Kier molecular flexibility index (Phi) is 5.87. The van der Waals surface area contributed by atoms with Crippen LogP contribution >= 0.6 is 23.2 Å². The number of carbonyl (C=O) groups is 3. The summed E-state index contributed by atoms with van der Waals surface area (Å²) in [6.07, 6.45) is 1.32. The number of halogens is 2. The average Bonchev–Trinajstić information content (AvgIpc) is 2.64. The second-order valence-electron chi connectivity index (χ2n) is 5.70. The van der Waals surface area contributed by atoms with E-state index in [-0.39, 0.29) is 12.2 Å². The van der Waals surface area contributed by atoms with E-state index in [4.69, 9.17) is 32.7 Å². The van der Waals surface area contributed by atoms with Gasteiger partial charge >= 0.3 is 6.03 Å². The predicted octanol–water partition coefficient (Wildman–Crippen LogP) is 3.33. The zero-order chi connectivity index (χ0) is 20.3. The van der Waals surface area contributed by atoms with Crippen molar-refractivity contribution in [2.45, 2.75) is 6.61 Å². The lowest BCUT2D eigenvalue weighted by Gasteiger charge is -2.17. The van der Waals surface area contributed by atoms with E-state index >= 15 is 0 Å². The Labute approximate surface area is 170 Å². The number of methoxy groups -OCH3 is 1. The van der Waals surface area contributed by atoms with Crippen LogP contribution in [0.4, 0.5) is 4.79 Å². The normalized spacial score (nSPS) is 13.7. The summed E-state index contributed by atoms with van der Waals surface area (Å²) in [6, 6.07) is 9.14. The van der Waals surface area contributed by atoms with Crippen LogP contribution < -0.4 is 20.1 Å². The SMILES string of the molecule is COc1cccc(C=C2C(=O)NC(=O)NC2=O)c1OCc1ccc(Cl)cc1Cl. The second kappa shape index (κ2) is 8.33. The van der Waals surface area contributed by atoms with Crippen LogP contribution in [0.25, 0.3) is 6.08 Å². The first-order valence-corrected chi connectivity index (χ1v) is 8.76. The summed E-state index contributed by atoms with van der Waals surface area (Å²) in [6.45, 7) is 0.101. The van der Waals surface area contributed by atoms with Crippen LogP contribution in [0.1, 0.15) is 11.1 Å². The number of nitrogens with one attached hydrogen (secondary N) is 2. The molecule has 0 aliphatic carbocycles. The molecule has 2 aromatic carbocycles. The number of rotatable bonds is 5. The first-order chi connectivity index (χ1) is 13.4. The van der Waals surface area contributed by atoms with Crippen molar-refractivity contribution in [3.63, 3.8) is 0 Å². The molecule has 1 fully saturated rings. The van der Waals surface area contributed by atoms with Crippen molar-refractivity contribution in [1.29, 1.82) is 0 Å². The minimum Gasteiger partial charge on any atom is -0.493 e. The first-order valence-electron chi connectivity index (χ1n) is 8.01. The summed E-state index contributed by atoms with van der Waals surface area (Å²) in [5.41, 5.74) is 0.871. The molecule has 1 aliphatic rings.